The fraction of sp³-hybridized carbons (Fsp3) is 0.286. The van der Waals surface area contributed by atoms with Gasteiger partial charge in [-0.2, -0.15) is 0 Å². The molecule has 0 saturated heterocycles. The van der Waals surface area contributed by atoms with Gasteiger partial charge in [-0.15, -0.1) is 0 Å². The Labute approximate surface area is 228 Å². The number of hydrogen-bond acceptors (Lipinski definition) is 6. The van der Waals surface area contributed by atoms with Crippen LogP contribution in [0, 0.1) is 5.82 Å². The molecule has 0 fully saturated rings. The van der Waals surface area contributed by atoms with Gasteiger partial charge in [0.1, 0.15) is 29.9 Å². The molecule has 11 heteroatoms. The fourth-order valence-electron chi connectivity index (χ4n) is 3.86. The van der Waals surface area contributed by atoms with Crippen molar-refractivity contribution in [3.63, 3.8) is 0 Å². The number of methoxy groups -OCH3 is 1. The molecule has 0 bridgehead atoms. The molecule has 0 saturated carbocycles. The molecular formula is C28H32FN3O6S. The number of halogens is 1. The van der Waals surface area contributed by atoms with E-state index in [1.807, 2.05) is 6.92 Å². The summed E-state index contributed by atoms with van der Waals surface area (Å²) in [5.74, 6) is -0.482. The molecule has 0 spiro atoms. The summed E-state index contributed by atoms with van der Waals surface area (Å²) in [4.78, 5) is 27.5. The van der Waals surface area contributed by atoms with Gasteiger partial charge in [0.2, 0.25) is 11.8 Å². The number of likely N-dealkylation sites (N-methyl/N-ethyl adjacent to an activating group) is 1. The zero-order chi connectivity index (χ0) is 28.6. The lowest BCUT2D eigenvalue weighted by Gasteiger charge is -2.31. The van der Waals surface area contributed by atoms with Crippen LogP contribution in [0.5, 0.6) is 11.5 Å². The first-order valence-corrected chi connectivity index (χ1v) is 13.7. The number of nitrogens with one attached hydrogen (secondary N) is 1. The van der Waals surface area contributed by atoms with Crippen LogP contribution in [0.3, 0.4) is 0 Å². The Balaban J connectivity index is 2.00. The van der Waals surface area contributed by atoms with E-state index in [0.717, 1.165) is 16.4 Å². The van der Waals surface area contributed by atoms with Gasteiger partial charge < -0.3 is 19.7 Å². The Morgan fingerprint density at radius 2 is 1.54 bits per heavy atom. The van der Waals surface area contributed by atoms with Crippen LogP contribution in [-0.2, 0) is 26.2 Å². The molecule has 39 heavy (non-hydrogen) atoms. The van der Waals surface area contributed by atoms with Crippen LogP contribution in [0.15, 0.2) is 77.7 Å². The fourth-order valence-corrected chi connectivity index (χ4v) is 5.27. The molecule has 0 radical (unpaired) electrons. The highest BCUT2D eigenvalue weighted by atomic mass is 32.2. The molecule has 3 aromatic rings. The van der Waals surface area contributed by atoms with E-state index in [4.69, 9.17) is 9.47 Å². The maximum absolute atomic E-state index is 13.8. The van der Waals surface area contributed by atoms with Gasteiger partial charge in [0.15, 0.2) is 0 Å². The van der Waals surface area contributed by atoms with Crippen LogP contribution in [-0.4, -0.2) is 58.5 Å². The van der Waals surface area contributed by atoms with E-state index in [2.05, 4.69) is 5.32 Å². The maximum atomic E-state index is 13.8. The number of carbonyl (C=O) groups excluding carboxylic acids is 2. The first-order valence-electron chi connectivity index (χ1n) is 12.3. The average Bonchev–Trinajstić information content (AvgIpc) is 2.95. The smallest absolute Gasteiger partial charge is 0.264 e. The summed E-state index contributed by atoms with van der Waals surface area (Å²) < 4.78 is 52.7. The van der Waals surface area contributed by atoms with Crippen LogP contribution >= 0.6 is 0 Å². The molecule has 0 heterocycles. The van der Waals surface area contributed by atoms with E-state index in [1.54, 1.807) is 31.2 Å². The lowest BCUT2D eigenvalue weighted by Crippen LogP contribution is -2.50. The third kappa shape index (κ3) is 7.26. The number of ether oxygens (including phenoxy) is 2. The molecule has 2 amide bonds. The number of nitrogens with zero attached hydrogens (tertiary/aromatic N) is 2. The summed E-state index contributed by atoms with van der Waals surface area (Å²) >= 11 is 0. The molecular weight excluding hydrogens is 525 g/mol. The summed E-state index contributed by atoms with van der Waals surface area (Å²) in [6.07, 6.45) is 0. The molecule has 1 atom stereocenters. The Kier molecular flexibility index (Phi) is 9.89. The van der Waals surface area contributed by atoms with Gasteiger partial charge in [-0.3, -0.25) is 13.9 Å². The monoisotopic (exact) mass is 557 g/mol. The van der Waals surface area contributed by atoms with Crippen molar-refractivity contribution in [1.82, 2.24) is 10.2 Å². The highest BCUT2D eigenvalue weighted by Gasteiger charge is 2.32. The van der Waals surface area contributed by atoms with Crippen molar-refractivity contribution in [3.05, 3.63) is 84.2 Å². The molecule has 1 N–H and O–H groups in total. The molecule has 0 aliphatic heterocycles. The van der Waals surface area contributed by atoms with Gasteiger partial charge in [0.05, 0.1) is 24.3 Å². The van der Waals surface area contributed by atoms with Crippen molar-refractivity contribution in [2.75, 3.05) is 31.6 Å². The molecule has 208 valence electrons. The lowest BCUT2D eigenvalue weighted by molar-refractivity contribution is -0.139. The van der Waals surface area contributed by atoms with Crippen LogP contribution in [0.1, 0.15) is 19.4 Å². The minimum Gasteiger partial charge on any atom is -0.497 e. The van der Waals surface area contributed by atoms with E-state index >= 15 is 0 Å². The number of sulfonamides is 1. The van der Waals surface area contributed by atoms with Gasteiger partial charge in [0.25, 0.3) is 10.0 Å². The van der Waals surface area contributed by atoms with E-state index in [9.17, 15) is 22.4 Å². The second-order valence-electron chi connectivity index (χ2n) is 8.55. The molecule has 0 aliphatic carbocycles. The van der Waals surface area contributed by atoms with Crippen LogP contribution in [0.4, 0.5) is 10.1 Å². The Morgan fingerprint density at radius 1 is 0.949 bits per heavy atom. The Morgan fingerprint density at radius 3 is 2.08 bits per heavy atom. The highest BCUT2D eigenvalue weighted by Crippen LogP contribution is 2.26. The van der Waals surface area contributed by atoms with Gasteiger partial charge in [-0.05, 0) is 80.1 Å². The largest absolute Gasteiger partial charge is 0.497 e. The average molecular weight is 558 g/mol. The predicted molar refractivity (Wildman–Crippen MR) is 146 cm³/mol. The van der Waals surface area contributed by atoms with Crippen molar-refractivity contribution < 1.29 is 31.9 Å². The number of benzene rings is 3. The van der Waals surface area contributed by atoms with Gasteiger partial charge in [-0.25, -0.2) is 12.8 Å². The number of anilines is 1. The Hall–Kier alpha value is -4.12. The summed E-state index contributed by atoms with van der Waals surface area (Å²) in [7, 11) is -1.28. The third-order valence-electron chi connectivity index (χ3n) is 6.04. The lowest BCUT2D eigenvalue weighted by atomic mass is 10.1. The summed E-state index contributed by atoms with van der Waals surface area (Å²) in [5.41, 5.74) is 0.804. The number of carbonyl (C=O) groups is 2. The van der Waals surface area contributed by atoms with E-state index in [0.29, 0.717) is 23.7 Å². The predicted octanol–water partition coefficient (Wildman–Crippen LogP) is 3.59. The minimum atomic E-state index is -4.27. The van der Waals surface area contributed by atoms with Crippen LogP contribution < -0.4 is 19.1 Å². The topological polar surface area (TPSA) is 105 Å². The molecule has 9 nitrogen and oxygen atoms in total. The van der Waals surface area contributed by atoms with E-state index in [1.165, 1.54) is 55.5 Å². The summed E-state index contributed by atoms with van der Waals surface area (Å²) in [6.45, 7) is 3.19. The molecule has 0 aromatic heterocycles. The van der Waals surface area contributed by atoms with E-state index < -0.39 is 40.2 Å². The van der Waals surface area contributed by atoms with Gasteiger partial charge >= 0.3 is 0 Å². The molecule has 3 rings (SSSR count). The van der Waals surface area contributed by atoms with Crippen molar-refractivity contribution in [2.45, 2.75) is 31.3 Å². The minimum absolute atomic E-state index is 0.0395. The van der Waals surface area contributed by atoms with Crippen molar-refractivity contribution in [3.8, 4) is 11.5 Å². The number of hydrogen-bond donors (Lipinski definition) is 1. The third-order valence-corrected chi connectivity index (χ3v) is 7.83. The maximum Gasteiger partial charge on any atom is 0.264 e. The van der Waals surface area contributed by atoms with Gasteiger partial charge in [0, 0.05) is 13.6 Å². The normalized spacial score (nSPS) is 11.8. The summed E-state index contributed by atoms with van der Waals surface area (Å²) in [5, 5.41) is 2.53. The zero-order valence-electron chi connectivity index (χ0n) is 22.3. The first kappa shape index (κ1) is 29.4. The molecule has 0 unspecified atom stereocenters. The SMILES string of the molecule is CCOc1ccc(S(=O)(=O)N(CC(=O)N(Cc2ccc(OC)cc2)[C@H](C)C(=O)NC)c2ccc(F)cc2)cc1. The second-order valence-corrected chi connectivity index (χ2v) is 10.4. The van der Waals surface area contributed by atoms with Crippen molar-refractivity contribution in [2.24, 2.45) is 0 Å². The van der Waals surface area contributed by atoms with Crippen molar-refractivity contribution >= 4 is 27.5 Å². The summed E-state index contributed by atoms with van der Waals surface area (Å²) in [6, 6.07) is 16.6. The molecule has 3 aromatic carbocycles. The highest BCUT2D eigenvalue weighted by molar-refractivity contribution is 7.92. The van der Waals surface area contributed by atoms with E-state index in [-0.39, 0.29) is 17.1 Å². The van der Waals surface area contributed by atoms with Crippen LogP contribution in [0.25, 0.3) is 0 Å². The number of rotatable bonds is 12. The van der Waals surface area contributed by atoms with Crippen LogP contribution in [0.2, 0.25) is 0 Å². The number of amides is 2. The quantitative estimate of drug-likeness (QED) is 0.365. The first-order chi connectivity index (χ1) is 18.6. The Bertz CT molecular complexity index is 1360. The van der Waals surface area contributed by atoms with Gasteiger partial charge in [-0.1, -0.05) is 12.1 Å². The molecule has 0 aliphatic rings. The zero-order valence-corrected chi connectivity index (χ0v) is 23.1. The van der Waals surface area contributed by atoms with Crippen molar-refractivity contribution in [1.29, 1.82) is 0 Å². The second kappa shape index (κ2) is 13.1. The standard InChI is InChI=1S/C28H32FN3O6S/c1-5-38-25-14-16-26(17-15-25)39(35,36)32(23-10-8-22(29)9-11-23)19-27(33)31(20(2)28(34)30-3)18-21-6-12-24(37-4)13-7-21/h6-17,20H,5,18-19H2,1-4H3,(H,30,34)/t20-/m1/s1.